The zero-order chi connectivity index (χ0) is 26.8. The van der Waals surface area contributed by atoms with Gasteiger partial charge in [-0.1, -0.05) is 66.7 Å². The van der Waals surface area contributed by atoms with E-state index in [2.05, 4.69) is 53.9 Å². The average molecular weight is 514 g/mol. The van der Waals surface area contributed by atoms with Gasteiger partial charge in [-0.2, -0.15) is 0 Å². The number of carbonyl (C=O) groups excluding carboxylic acids is 2. The summed E-state index contributed by atoms with van der Waals surface area (Å²) >= 11 is 0. The van der Waals surface area contributed by atoms with E-state index in [0.717, 1.165) is 30.6 Å². The van der Waals surface area contributed by atoms with Crippen molar-refractivity contribution in [1.82, 2.24) is 0 Å². The Kier molecular flexibility index (Phi) is 6.85. The molecule has 0 heterocycles. The van der Waals surface area contributed by atoms with Crippen molar-refractivity contribution in [3.8, 4) is 5.75 Å². The molecule has 1 amide bonds. The molecule has 6 rings (SSSR count). The number of amides is 1. The zero-order valence-electron chi connectivity index (χ0n) is 22.1. The third-order valence-corrected chi connectivity index (χ3v) is 7.92. The summed E-state index contributed by atoms with van der Waals surface area (Å²) in [5.74, 6) is 0.698. The van der Waals surface area contributed by atoms with E-state index in [1.54, 1.807) is 7.11 Å². The Bertz CT molecular complexity index is 1790. The predicted octanol–water partition coefficient (Wildman–Crippen LogP) is 5.43. The topological polar surface area (TPSA) is 55.4 Å². The molecular formula is C35H31NO3. The number of benzene rings is 4. The van der Waals surface area contributed by atoms with Gasteiger partial charge in [0.25, 0.3) is 0 Å². The van der Waals surface area contributed by atoms with Gasteiger partial charge in [-0.05, 0) is 93.6 Å². The highest BCUT2D eigenvalue weighted by Gasteiger charge is 2.27. The van der Waals surface area contributed by atoms with Crippen molar-refractivity contribution in [2.24, 2.45) is 0 Å². The number of carbonyl (C=O) groups is 2. The molecule has 1 N–H and O–H groups in total. The normalized spacial score (nSPS) is 15.1. The van der Waals surface area contributed by atoms with Crippen LogP contribution in [0.1, 0.15) is 52.2 Å². The lowest BCUT2D eigenvalue weighted by molar-refractivity contribution is -0.116. The maximum atomic E-state index is 13.8. The van der Waals surface area contributed by atoms with Crippen LogP contribution in [0, 0.1) is 10.4 Å². The summed E-state index contributed by atoms with van der Waals surface area (Å²) < 4.78 is 5.38. The summed E-state index contributed by atoms with van der Waals surface area (Å²) in [5.41, 5.74) is 4.84. The van der Waals surface area contributed by atoms with Crippen molar-refractivity contribution in [2.45, 2.75) is 38.0 Å². The van der Waals surface area contributed by atoms with Crippen molar-refractivity contribution in [2.75, 3.05) is 12.4 Å². The molecule has 2 aliphatic carbocycles. The summed E-state index contributed by atoms with van der Waals surface area (Å²) in [6, 6.07) is 28.0. The first-order valence-electron chi connectivity index (χ1n) is 13.6. The lowest BCUT2D eigenvalue weighted by Gasteiger charge is -2.24. The molecule has 0 bridgehead atoms. The van der Waals surface area contributed by atoms with Crippen molar-refractivity contribution in [3.63, 3.8) is 0 Å². The second-order valence-corrected chi connectivity index (χ2v) is 10.2. The van der Waals surface area contributed by atoms with Gasteiger partial charge in [-0.3, -0.25) is 9.59 Å². The SMILES string of the molecule is COc1ccccc1CCC(=O)Nc1ccc(C(=O)C2CCC=c3ccc4c(c32)CC=c2ccccc2=4)cc1. The number of fused-ring (bicyclic) bond motifs is 4. The Hall–Kier alpha value is -4.44. The number of ketones is 1. The second kappa shape index (κ2) is 10.7. The molecule has 4 heteroatoms. The summed E-state index contributed by atoms with van der Waals surface area (Å²) in [7, 11) is 1.64. The van der Waals surface area contributed by atoms with Crippen molar-refractivity contribution in [3.05, 3.63) is 128 Å². The number of hydrogen-bond acceptors (Lipinski definition) is 3. The van der Waals surface area contributed by atoms with Gasteiger partial charge in [0.15, 0.2) is 5.78 Å². The molecule has 0 saturated heterocycles. The smallest absolute Gasteiger partial charge is 0.224 e. The van der Waals surface area contributed by atoms with Gasteiger partial charge >= 0.3 is 0 Å². The number of ether oxygens (including phenoxy) is 1. The first-order valence-corrected chi connectivity index (χ1v) is 13.6. The van der Waals surface area contributed by atoms with Crippen molar-refractivity contribution in [1.29, 1.82) is 0 Å². The first kappa shape index (κ1) is 24.9. The van der Waals surface area contributed by atoms with E-state index >= 15 is 0 Å². The van der Waals surface area contributed by atoms with Gasteiger partial charge < -0.3 is 10.1 Å². The van der Waals surface area contributed by atoms with Crippen LogP contribution in [0.15, 0.2) is 84.9 Å². The van der Waals surface area contributed by atoms with Gasteiger partial charge in [0.1, 0.15) is 5.75 Å². The Morgan fingerprint density at radius 1 is 0.846 bits per heavy atom. The van der Waals surface area contributed by atoms with Gasteiger partial charge in [0, 0.05) is 23.6 Å². The molecule has 4 nitrogen and oxygen atoms in total. The monoisotopic (exact) mass is 513 g/mol. The minimum atomic E-state index is -0.167. The number of nitrogens with one attached hydrogen (secondary N) is 1. The Labute approximate surface area is 228 Å². The summed E-state index contributed by atoms with van der Waals surface area (Å²) in [6.07, 6.45) is 8.03. The molecule has 4 aromatic rings. The largest absolute Gasteiger partial charge is 0.496 e. The van der Waals surface area contributed by atoms with E-state index in [1.807, 2.05) is 48.5 Å². The molecule has 39 heavy (non-hydrogen) atoms. The van der Waals surface area contributed by atoms with Crippen LogP contribution in [0.4, 0.5) is 5.69 Å². The Morgan fingerprint density at radius 2 is 1.64 bits per heavy atom. The van der Waals surface area contributed by atoms with Crippen LogP contribution >= 0.6 is 0 Å². The van der Waals surface area contributed by atoms with Crippen LogP contribution in [-0.2, 0) is 17.6 Å². The number of para-hydroxylation sites is 1. The van der Waals surface area contributed by atoms with E-state index in [1.165, 1.54) is 32.0 Å². The van der Waals surface area contributed by atoms with Crippen LogP contribution in [-0.4, -0.2) is 18.8 Å². The second-order valence-electron chi connectivity index (χ2n) is 10.2. The van der Waals surface area contributed by atoms with Crippen LogP contribution in [0.25, 0.3) is 12.2 Å². The quantitative estimate of drug-likeness (QED) is 0.335. The molecule has 0 radical (unpaired) electrons. The van der Waals surface area contributed by atoms with Crippen LogP contribution < -0.4 is 20.5 Å². The third-order valence-electron chi connectivity index (χ3n) is 7.92. The fourth-order valence-electron chi connectivity index (χ4n) is 5.99. The van der Waals surface area contributed by atoms with Crippen molar-refractivity contribution >= 4 is 29.5 Å². The first-order chi connectivity index (χ1) is 19.1. The summed E-state index contributed by atoms with van der Waals surface area (Å²) in [5, 5.41) is 7.89. The van der Waals surface area contributed by atoms with Crippen LogP contribution in [0.2, 0.25) is 0 Å². The number of rotatable bonds is 7. The average Bonchev–Trinajstić information content (AvgIpc) is 2.99. The van der Waals surface area contributed by atoms with Crippen LogP contribution in [0.5, 0.6) is 5.75 Å². The summed E-state index contributed by atoms with van der Waals surface area (Å²) in [4.78, 5) is 26.4. The highest BCUT2D eigenvalue weighted by molar-refractivity contribution is 6.02. The van der Waals surface area contributed by atoms with E-state index in [-0.39, 0.29) is 17.6 Å². The molecule has 194 valence electrons. The zero-order valence-corrected chi connectivity index (χ0v) is 22.1. The molecular weight excluding hydrogens is 482 g/mol. The number of aryl methyl sites for hydroxylation is 1. The molecule has 1 atom stereocenters. The van der Waals surface area contributed by atoms with Gasteiger partial charge in [-0.25, -0.2) is 0 Å². The lowest BCUT2D eigenvalue weighted by Crippen LogP contribution is -2.27. The standard InChI is InChI=1S/C35H31NO3/c1-39-32-12-5-3-8-24(32)17-22-33(37)36-27-18-13-26(14-19-27)35(38)31-11-6-9-25-16-20-29-28-10-4-2-7-23(28)15-21-30(29)34(25)31/h2-5,7-10,12-16,18-20,31H,6,11,17,21-22H2,1H3,(H,36,37). The van der Waals surface area contributed by atoms with Gasteiger partial charge in [0.05, 0.1) is 7.11 Å². The summed E-state index contributed by atoms with van der Waals surface area (Å²) in [6.45, 7) is 0. The molecule has 0 fully saturated rings. The van der Waals surface area contributed by atoms with Crippen LogP contribution in [0.3, 0.4) is 0 Å². The number of hydrogen-bond donors (Lipinski definition) is 1. The van der Waals surface area contributed by atoms with E-state index < -0.39 is 0 Å². The fourth-order valence-corrected chi connectivity index (χ4v) is 5.99. The third kappa shape index (κ3) is 4.90. The maximum absolute atomic E-state index is 13.8. The van der Waals surface area contributed by atoms with E-state index in [4.69, 9.17) is 4.74 Å². The highest BCUT2D eigenvalue weighted by Crippen LogP contribution is 2.31. The maximum Gasteiger partial charge on any atom is 0.224 e. The molecule has 0 aliphatic heterocycles. The molecule has 4 aromatic carbocycles. The number of anilines is 1. The number of methoxy groups -OCH3 is 1. The molecule has 0 spiro atoms. The molecule has 0 saturated carbocycles. The lowest BCUT2D eigenvalue weighted by atomic mass is 9.78. The minimum Gasteiger partial charge on any atom is -0.496 e. The minimum absolute atomic E-state index is 0.0695. The Morgan fingerprint density at radius 3 is 2.49 bits per heavy atom. The highest BCUT2D eigenvalue weighted by atomic mass is 16.5. The molecule has 0 aromatic heterocycles. The van der Waals surface area contributed by atoms with Gasteiger partial charge in [-0.15, -0.1) is 0 Å². The van der Waals surface area contributed by atoms with E-state index in [0.29, 0.717) is 24.1 Å². The van der Waals surface area contributed by atoms with Crippen molar-refractivity contribution < 1.29 is 14.3 Å². The molecule has 2 aliphatic rings. The molecule has 1 unspecified atom stereocenters. The predicted molar refractivity (Wildman–Crippen MR) is 155 cm³/mol. The van der Waals surface area contributed by atoms with E-state index in [9.17, 15) is 9.59 Å². The number of Topliss-reactive ketones (excluding diaryl/α,β-unsaturated/α-hetero) is 1. The van der Waals surface area contributed by atoms with Gasteiger partial charge in [0.2, 0.25) is 5.91 Å². The Balaban J connectivity index is 1.21. The fraction of sp³-hybridized carbons (Fsp3) is 0.200.